The van der Waals surface area contributed by atoms with E-state index in [0.717, 1.165) is 6.54 Å². The van der Waals surface area contributed by atoms with E-state index in [9.17, 15) is 0 Å². The lowest BCUT2D eigenvalue weighted by Crippen LogP contribution is -2.25. The number of nitrogens with one attached hydrogen (secondary N) is 1. The number of benzene rings is 1. The van der Waals surface area contributed by atoms with Gasteiger partial charge in [-0.25, -0.2) is 0 Å². The van der Waals surface area contributed by atoms with Crippen molar-refractivity contribution in [3.63, 3.8) is 0 Å². The Balaban J connectivity index is 2.34. The molecule has 0 aliphatic rings. The summed E-state index contributed by atoms with van der Waals surface area (Å²) in [6.07, 6.45) is 2.39. The van der Waals surface area contributed by atoms with E-state index >= 15 is 0 Å². The monoisotopic (exact) mass is 191 g/mol. The minimum absolute atomic E-state index is 0.626. The molecular formula is C13H21N. The van der Waals surface area contributed by atoms with Gasteiger partial charge in [0.1, 0.15) is 0 Å². The average molecular weight is 191 g/mol. The fourth-order valence-electron chi connectivity index (χ4n) is 1.59. The molecule has 1 aromatic rings. The number of hydrogen-bond donors (Lipinski definition) is 1. The molecule has 0 heterocycles. The Morgan fingerprint density at radius 3 is 2.43 bits per heavy atom. The molecule has 1 rings (SSSR count). The molecule has 0 spiro atoms. The Morgan fingerprint density at radius 2 is 1.86 bits per heavy atom. The summed E-state index contributed by atoms with van der Waals surface area (Å²) >= 11 is 0. The van der Waals surface area contributed by atoms with E-state index in [1.165, 1.54) is 24.0 Å². The van der Waals surface area contributed by atoms with Crippen molar-refractivity contribution in [2.75, 3.05) is 6.54 Å². The molecule has 0 bridgehead atoms. The second-order valence-electron chi connectivity index (χ2n) is 3.98. The molecule has 78 valence electrons. The highest BCUT2D eigenvalue weighted by Gasteiger charge is 1.99. The molecule has 0 aliphatic carbocycles. The summed E-state index contributed by atoms with van der Waals surface area (Å²) < 4.78 is 0. The molecule has 1 aromatic carbocycles. The Kier molecular flexibility index (Phi) is 4.68. The van der Waals surface area contributed by atoms with Crippen LogP contribution in [0, 0.1) is 6.92 Å². The summed E-state index contributed by atoms with van der Waals surface area (Å²) in [5.41, 5.74) is 2.79. The van der Waals surface area contributed by atoms with Crippen LogP contribution in [0.4, 0.5) is 0 Å². The van der Waals surface area contributed by atoms with Crippen LogP contribution in [0.3, 0.4) is 0 Å². The molecule has 0 amide bonds. The van der Waals surface area contributed by atoms with Crippen LogP contribution in [-0.2, 0) is 6.42 Å². The third-order valence-corrected chi connectivity index (χ3v) is 2.54. The Hall–Kier alpha value is -0.820. The standard InChI is InChI=1S/C13H21N/c1-4-14-12(3)7-10-13-8-5-11(2)6-9-13/h5-6,8-9,12,14H,4,7,10H2,1-3H3. The molecule has 1 atom stereocenters. The van der Waals surface area contributed by atoms with Crippen molar-refractivity contribution in [2.24, 2.45) is 0 Å². The SMILES string of the molecule is CCNC(C)CCc1ccc(C)cc1. The van der Waals surface area contributed by atoms with Gasteiger partial charge >= 0.3 is 0 Å². The summed E-state index contributed by atoms with van der Waals surface area (Å²) in [6.45, 7) is 7.60. The molecule has 0 fully saturated rings. The Bertz CT molecular complexity index is 250. The van der Waals surface area contributed by atoms with E-state index < -0.39 is 0 Å². The first-order chi connectivity index (χ1) is 6.72. The van der Waals surface area contributed by atoms with Gasteiger partial charge in [-0.15, -0.1) is 0 Å². The van der Waals surface area contributed by atoms with E-state index in [1.54, 1.807) is 0 Å². The molecule has 0 saturated carbocycles. The highest BCUT2D eigenvalue weighted by molar-refractivity contribution is 5.21. The summed E-state index contributed by atoms with van der Waals surface area (Å²) in [4.78, 5) is 0. The van der Waals surface area contributed by atoms with Crippen molar-refractivity contribution in [1.29, 1.82) is 0 Å². The van der Waals surface area contributed by atoms with E-state index in [1.807, 2.05) is 0 Å². The first kappa shape index (κ1) is 11.3. The van der Waals surface area contributed by atoms with Crippen molar-refractivity contribution in [1.82, 2.24) is 5.32 Å². The van der Waals surface area contributed by atoms with Crippen LogP contribution >= 0.6 is 0 Å². The minimum atomic E-state index is 0.626. The number of aryl methyl sites for hydroxylation is 2. The minimum Gasteiger partial charge on any atom is -0.315 e. The van der Waals surface area contributed by atoms with Crippen molar-refractivity contribution < 1.29 is 0 Å². The maximum atomic E-state index is 3.43. The van der Waals surface area contributed by atoms with Gasteiger partial charge in [-0.3, -0.25) is 0 Å². The first-order valence-corrected chi connectivity index (χ1v) is 5.51. The van der Waals surface area contributed by atoms with Gasteiger partial charge in [0.2, 0.25) is 0 Å². The van der Waals surface area contributed by atoms with E-state index in [4.69, 9.17) is 0 Å². The molecular weight excluding hydrogens is 170 g/mol. The predicted molar refractivity (Wildman–Crippen MR) is 62.6 cm³/mol. The molecule has 1 unspecified atom stereocenters. The maximum Gasteiger partial charge on any atom is 0.00417 e. The normalized spacial score (nSPS) is 12.8. The smallest absolute Gasteiger partial charge is 0.00417 e. The van der Waals surface area contributed by atoms with Crippen LogP contribution in [0.1, 0.15) is 31.4 Å². The molecule has 0 radical (unpaired) electrons. The highest BCUT2D eigenvalue weighted by Crippen LogP contribution is 2.07. The predicted octanol–water partition coefficient (Wildman–Crippen LogP) is 2.93. The highest BCUT2D eigenvalue weighted by atomic mass is 14.9. The summed E-state index contributed by atoms with van der Waals surface area (Å²) in [7, 11) is 0. The summed E-state index contributed by atoms with van der Waals surface area (Å²) in [5.74, 6) is 0. The second kappa shape index (κ2) is 5.82. The van der Waals surface area contributed by atoms with Gasteiger partial charge < -0.3 is 5.32 Å². The number of rotatable bonds is 5. The molecule has 1 heteroatoms. The van der Waals surface area contributed by atoms with Crippen molar-refractivity contribution in [2.45, 2.75) is 39.7 Å². The maximum absolute atomic E-state index is 3.43. The van der Waals surface area contributed by atoms with E-state index in [0.29, 0.717) is 6.04 Å². The zero-order valence-electron chi connectivity index (χ0n) is 9.51. The van der Waals surface area contributed by atoms with Gasteiger partial charge in [0.25, 0.3) is 0 Å². The number of hydrogen-bond acceptors (Lipinski definition) is 1. The van der Waals surface area contributed by atoms with Gasteiger partial charge in [-0.05, 0) is 38.8 Å². The zero-order chi connectivity index (χ0) is 10.4. The fourth-order valence-corrected chi connectivity index (χ4v) is 1.59. The average Bonchev–Trinajstić information content (AvgIpc) is 2.17. The van der Waals surface area contributed by atoms with Crippen LogP contribution in [0.25, 0.3) is 0 Å². The van der Waals surface area contributed by atoms with Gasteiger partial charge in [0.05, 0.1) is 0 Å². The van der Waals surface area contributed by atoms with E-state index in [2.05, 4.69) is 50.4 Å². The molecule has 0 aromatic heterocycles. The summed E-state index contributed by atoms with van der Waals surface area (Å²) in [6, 6.07) is 9.46. The van der Waals surface area contributed by atoms with Crippen LogP contribution in [0.2, 0.25) is 0 Å². The largest absolute Gasteiger partial charge is 0.315 e. The van der Waals surface area contributed by atoms with Gasteiger partial charge in [-0.1, -0.05) is 36.8 Å². The third kappa shape index (κ3) is 3.93. The fraction of sp³-hybridized carbons (Fsp3) is 0.538. The van der Waals surface area contributed by atoms with Gasteiger partial charge in [-0.2, -0.15) is 0 Å². The topological polar surface area (TPSA) is 12.0 Å². The molecule has 14 heavy (non-hydrogen) atoms. The molecule has 0 saturated heterocycles. The molecule has 0 aliphatic heterocycles. The van der Waals surface area contributed by atoms with E-state index in [-0.39, 0.29) is 0 Å². The van der Waals surface area contributed by atoms with Crippen LogP contribution in [0.5, 0.6) is 0 Å². The lowest BCUT2D eigenvalue weighted by molar-refractivity contribution is 0.530. The van der Waals surface area contributed by atoms with Crippen molar-refractivity contribution >= 4 is 0 Å². The molecule has 1 N–H and O–H groups in total. The Labute approximate surface area is 87.5 Å². The van der Waals surface area contributed by atoms with Crippen molar-refractivity contribution in [3.05, 3.63) is 35.4 Å². The van der Waals surface area contributed by atoms with Gasteiger partial charge in [0, 0.05) is 6.04 Å². The zero-order valence-corrected chi connectivity index (χ0v) is 9.51. The summed E-state index contributed by atoms with van der Waals surface area (Å²) in [5, 5.41) is 3.43. The van der Waals surface area contributed by atoms with Crippen LogP contribution < -0.4 is 5.32 Å². The second-order valence-corrected chi connectivity index (χ2v) is 3.98. The third-order valence-electron chi connectivity index (χ3n) is 2.54. The Morgan fingerprint density at radius 1 is 1.21 bits per heavy atom. The lowest BCUT2D eigenvalue weighted by Gasteiger charge is -2.11. The van der Waals surface area contributed by atoms with Crippen molar-refractivity contribution in [3.8, 4) is 0 Å². The van der Waals surface area contributed by atoms with Crippen LogP contribution in [0.15, 0.2) is 24.3 Å². The lowest BCUT2D eigenvalue weighted by atomic mass is 10.0. The molecule has 1 nitrogen and oxygen atoms in total. The quantitative estimate of drug-likeness (QED) is 0.754. The van der Waals surface area contributed by atoms with Crippen LogP contribution in [-0.4, -0.2) is 12.6 Å². The first-order valence-electron chi connectivity index (χ1n) is 5.51. The van der Waals surface area contributed by atoms with Gasteiger partial charge in [0.15, 0.2) is 0 Å².